The topological polar surface area (TPSA) is 100 Å². The fourth-order valence-electron chi connectivity index (χ4n) is 2.10. The van der Waals surface area contributed by atoms with Crippen LogP contribution in [0, 0.1) is 0 Å². The van der Waals surface area contributed by atoms with Crippen LogP contribution in [0.3, 0.4) is 0 Å². The molecule has 1 atom stereocenters. The molecule has 1 aliphatic heterocycles. The van der Waals surface area contributed by atoms with Crippen LogP contribution < -0.4 is 15.0 Å². The lowest BCUT2D eigenvalue weighted by molar-refractivity contribution is -0.127. The maximum atomic E-state index is 12.2. The second-order valence-corrected chi connectivity index (χ2v) is 4.53. The first-order valence-electron chi connectivity index (χ1n) is 6.37. The number of aromatic amines is 1. The zero-order chi connectivity index (χ0) is 14.8. The van der Waals surface area contributed by atoms with Crippen molar-refractivity contribution in [2.45, 2.75) is 13.0 Å². The highest BCUT2D eigenvalue weighted by molar-refractivity contribution is 6.05. The molecule has 8 nitrogen and oxygen atoms in total. The van der Waals surface area contributed by atoms with Gasteiger partial charge in [-0.15, -0.1) is 0 Å². The summed E-state index contributed by atoms with van der Waals surface area (Å²) in [6.45, 7) is 1.53. The van der Waals surface area contributed by atoms with Crippen molar-refractivity contribution >= 4 is 23.5 Å². The third-order valence-electron chi connectivity index (χ3n) is 3.05. The Hall–Kier alpha value is -2.90. The van der Waals surface area contributed by atoms with Crippen molar-refractivity contribution in [3.8, 4) is 5.75 Å². The zero-order valence-electron chi connectivity index (χ0n) is 11.2. The number of aromatic nitrogens is 3. The van der Waals surface area contributed by atoms with Gasteiger partial charge in [0.1, 0.15) is 18.6 Å². The number of para-hydroxylation sites is 2. The van der Waals surface area contributed by atoms with Crippen LogP contribution in [0.4, 0.5) is 11.6 Å². The van der Waals surface area contributed by atoms with Gasteiger partial charge in [0.2, 0.25) is 11.9 Å². The van der Waals surface area contributed by atoms with E-state index in [-0.39, 0.29) is 24.3 Å². The summed E-state index contributed by atoms with van der Waals surface area (Å²) in [6, 6.07) is 7.10. The zero-order valence-corrected chi connectivity index (χ0v) is 11.2. The van der Waals surface area contributed by atoms with E-state index in [4.69, 9.17) is 4.74 Å². The van der Waals surface area contributed by atoms with Crippen molar-refractivity contribution in [2.75, 3.05) is 16.8 Å². The first-order chi connectivity index (χ1) is 10.1. The van der Waals surface area contributed by atoms with E-state index in [0.29, 0.717) is 11.4 Å². The standard InChI is InChI=1S/C13H13N5O3/c1-8-12(20)18(9-4-2-3-5-10(9)21-8)6-11(19)16-13-14-7-15-17-13/h2-5,7-8H,6H2,1H3,(H2,14,15,16,17,19)/t8-/m0/s1. The van der Waals surface area contributed by atoms with Crippen molar-refractivity contribution in [3.05, 3.63) is 30.6 Å². The molecule has 0 fully saturated rings. The van der Waals surface area contributed by atoms with E-state index < -0.39 is 6.10 Å². The van der Waals surface area contributed by atoms with Gasteiger partial charge < -0.3 is 4.74 Å². The summed E-state index contributed by atoms with van der Waals surface area (Å²) in [6.07, 6.45) is 0.658. The van der Waals surface area contributed by atoms with Gasteiger partial charge in [0.25, 0.3) is 5.91 Å². The van der Waals surface area contributed by atoms with Gasteiger partial charge in [0, 0.05) is 0 Å². The molecule has 1 aromatic carbocycles. The highest BCUT2D eigenvalue weighted by Gasteiger charge is 2.32. The average Bonchev–Trinajstić information content (AvgIpc) is 2.96. The molecule has 2 amide bonds. The molecule has 0 spiro atoms. The number of rotatable bonds is 3. The Morgan fingerprint density at radius 2 is 2.29 bits per heavy atom. The minimum absolute atomic E-state index is 0.121. The van der Waals surface area contributed by atoms with Gasteiger partial charge in [0.15, 0.2) is 6.10 Å². The number of carbonyl (C=O) groups excluding carboxylic acids is 2. The van der Waals surface area contributed by atoms with Crippen LogP contribution >= 0.6 is 0 Å². The number of hydrogen-bond donors (Lipinski definition) is 2. The molecular formula is C13H13N5O3. The molecule has 21 heavy (non-hydrogen) atoms. The van der Waals surface area contributed by atoms with Crippen molar-refractivity contribution < 1.29 is 14.3 Å². The number of H-pyrrole nitrogens is 1. The summed E-state index contributed by atoms with van der Waals surface area (Å²) in [7, 11) is 0. The van der Waals surface area contributed by atoms with Crippen LogP contribution in [-0.4, -0.2) is 39.6 Å². The quantitative estimate of drug-likeness (QED) is 0.859. The van der Waals surface area contributed by atoms with E-state index in [1.807, 2.05) is 6.07 Å². The molecule has 0 aliphatic carbocycles. The number of nitrogens with zero attached hydrogens (tertiary/aromatic N) is 3. The number of fused-ring (bicyclic) bond motifs is 1. The van der Waals surface area contributed by atoms with Crippen molar-refractivity contribution in [1.82, 2.24) is 15.2 Å². The monoisotopic (exact) mass is 287 g/mol. The Morgan fingerprint density at radius 3 is 3.05 bits per heavy atom. The lowest BCUT2D eigenvalue weighted by atomic mass is 10.2. The first kappa shape index (κ1) is 13.1. The smallest absolute Gasteiger partial charge is 0.268 e. The molecule has 108 valence electrons. The highest BCUT2D eigenvalue weighted by atomic mass is 16.5. The molecule has 1 aliphatic rings. The summed E-state index contributed by atoms with van der Waals surface area (Å²) in [5.74, 6) is 0.185. The largest absolute Gasteiger partial charge is 0.479 e. The van der Waals surface area contributed by atoms with Crippen LogP contribution in [0.5, 0.6) is 5.75 Å². The number of ether oxygens (including phenoxy) is 1. The maximum Gasteiger partial charge on any atom is 0.268 e. The summed E-state index contributed by atoms with van der Waals surface area (Å²) in [5.41, 5.74) is 0.577. The minimum Gasteiger partial charge on any atom is -0.479 e. The van der Waals surface area contributed by atoms with Crippen molar-refractivity contribution in [2.24, 2.45) is 0 Å². The molecule has 8 heteroatoms. The minimum atomic E-state index is -0.627. The summed E-state index contributed by atoms with van der Waals surface area (Å²) in [4.78, 5) is 29.4. The predicted molar refractivity (Wildman–Crippen MR) is 73.9 cm³/mol. The molecule has 1 aromatic heterocycles. The third-order valence-corrected chi connectivity index (χ3v) is 3.05. The molecule has 0 bridgehead atoms. The van der Waals surface area contributed by atoms with Gasteiger partial charge in [-0.2, -0.15) is 10.1 Å². The summed E-state index contributed by atoms with van der Waals surface area (Å²) < 4.78 is 5.51. The van der Waals surface area contributed by atoms with Gasteiger partial charge >= 0.3 is 0 Å². The normalized spacial score (nSPS) is 17.1. The molecular weight excluding hydrogens is 274 g/mol. The van der Waals surface area contributed by atoms with Crippen LogP contribution in [0.2, 0.25) is 0 Å². The third kappa shape index (κ3) is 2.55. The number of nitrogens with one attached hydrogen (secondary N) is 2. The molecule has 0 saturated heterocycles. The molecule has 0 radical (unpaired) electrons. The molecule has 0 saturated carbocycles. The fourth-order valence-corrected chi connectivity index (χ4v) is 2.10. The van der Waals surface area contributed by atoms with E-state index >= 15 is 0 Å². The Morgan fingerprint density at radius 1 is 1.48 bits per heavy atom. The predicted octanol–water partition coefficient (Wildman–Crippen LogP) is 0.557. The first-order valence-corrected chi connectivity index (χ1v) is 6.37. The Kier molecular flexibility index (Phi) is 3.27. The van der Waals surface area contributed by atoms with Gasteiger partial charge in [-0.05, 0) is 19.1 Å². The van der Waals surface area contributed by atoms with Crippen LogP contribution in [0.15, 0.2) is 30.6 Å². The molecule has 2 aromatic rings. The van der Waals surface area contributed by atoms with Crippen molar-refractivity contribution in [1.29, 1.82) is 0 Å². The van der Waals surface area contributed by atoms with E-state index in [1.54, 1.807) is 25.1 Å². The van der Waals surface area contributed by atoms with E-state index in [0.717, 1.165) is 0 Å². The van der Waals surface area contributed by atoms with Gasteiger partial charge in [-0.1, -0.05) is 12.1 Å². The Bertz CT molecular complexity index is 670. The number of benzene rings is 1. The van der Waals surface area contributed by atoms with Crippen LogP contribution in [0.25, 0.3) is 0 Å². The van der Waals surface area contributed by atoms with Crippen LogP contribution in [0.1, 0.15) is 6.92 Å². The molecule has 0 unspecified atom stereocenters. The lowest BCUT2D eigenvalue weighted by Crippen LogP contribution is -2.47. The van der Waals surface area contributed by atoms with Gasteiger partial charge in [-0.3, -0.25) is 19.8 Å². The highest BCUT2D eigenvalue weighted by Crippen LogP contribution is 2.33. The van der Waals surface area contributed by atoms with Crippen molar-refractivity contribution in [3.63, 3.8) is 0 Å². The Labute approximate surface area is 120 Å². The van der Waals surface area contributed by atoms with E-state index in [9.17, 15) is 9.59 Å². The number of hydrogen-bond acceptors (Lipinski definition) is 5. The second kappa shape index (κ2) is 5.23. The molecule has 2 heterocycles. The number of carbonyl (C=O) groups is 2. The van der Waals surface area contributed by atoms with Crippen LogP contribution in [-0.2, 0) is 9.59 Å². The van der Waals surface area contributed by atoms with E-state index in [1.165, 1.54) is 11.2 Å². The summed E-state index contributed by atoms with van der Waals surface area (Å²) in [5, 5.41) is 8.69. The van der Waals surface area contributed by atoms with E-state index in [2.05, 4.69) is 20.5 Å². The number of anilines is 2. The van der Waals surface area contributed by atoms with Gasteiger partial charge in [-0.25, -0.2) is 5.10 Å². The SMILES string of the molecule is C[C@@H]1Oc2ccccc2N(CC(=O)Nc2ncn[nH]2)C1=O. The lowest BCUT2D eigenvalue weighted by Gasteiger charge is -2.32. The second-order valence-electron chi connectivity index (χ2n) is 4.53. The fraction of sp³-hybridized carbons (Fsp3) is 0.231. The number of amides is 2. The average molecular weight is 287 g/mol. The summed E-state index contributed by atoms with van der Waals surface area (Å²) >= 11 is 0. The molecule has 3 rings (SSSR count). The maximum absolute atomic E-state index is 12.2. The Balaban J connectivity index is 1.80. The molecule has 2 N–H and O–H groups in total. The van der Waals surface area contributed by atoms with Gasteiger partial charge in [0.05, 0.1) is 5.69 Å².